The van der Waals surface area contributed by atoms with Gasteiger partial charge in [0.25, 0.3) is 5.91 Å². The monoisotopic (exact) mass is 304 g/mol. The molecule has 0 fully saturated rings. The first kappa shape index (κ1) is 15.7. The third-order valence-electron chi connectivity index (χ3n) is 2.79. The Morgan fingerprint density at radius 1 is 1.37 bits per heavy atom. The van der Waals surface area contributed by atoms with Crippen molar-refractivity contribution < 1.29 is 14.7 Å². The first-order chi connectivity index (χ1) is 8.85. The van der Waals surface area contributed by atoms with Crippen LogP contribution in [0.1, 0.15) is 30.6 Å². The summed E-state index contributed by atoms with van der Waals surface area (Å²) in [4.78, 5) is 26.8. The largest absolute Gasteiger partial charge is 0.480 e. The number of pyridine rings is 1. The molecule has 0 aliphatic rings. The van der Waals surface area contributed by atoms with Crippen LogP contribution in [0, 0.1) is 5.92 Å². The van der Waals surface area contributed by atoms with E-state index in [4.69, 9.17) is 28.3 Å². The van der Waals surface area contributed by atoms with Gasteiger partial charge in [-0.1, -0.05) is 43.5 Å². The fraction of sp³-hybridized carbons (Fsp3) is 0.417. The molecule has 2 N–H and O–H groups in total. The molecule has 1 aromatic rings. The standard InChI is InChI=1S/C12H14Cl2N2O3/c1-3-6(2)10(12(18)19)16-11(17)7-4-8(13)15-9(14)5-7/h4-6,10H,3H2,1-2H3,(H,16,17)(H,18,19)/t6?,10-/m0/s1. The van der Waals surface area contributed by atoms with Gasteiger partial charge in [-0.2, -0.15) is 0 Å². The van der Waals surface area contributed by atoms with Gasteiger partial charge in [-0.25, -0.2) is 9.78 Å². The second-order valence-electron chi connectivity index (χ2n) is 4.18. The summed E-state index contributed by atoms with van der Waals surface area (Å²) >= 11 is 11.4. The highest BCUT2D eigenvalue weighted by molar-refractivity contribution is 6.33. The van der Waals surface area contributed by atoms with Crippen molar-refractivity contribution in [3.8, 4) is 0 Å². The molecule has 0 saturated carbocycles. The first-order valence-electron chi connectivity index (χ1n) is 5.72. The Labute approximate surface area is 120 Å². The van der Waals surface area contributed by atoms with Crippen LogP contribution in [0.25, 0.3) is 0 Å². The Kier molecular flexibility index (Phi) is 5.57. The van der Waals surface area contributed by atoms with Crippen molar-refractivity contribution in [1.82, 2.24) is 10.3 Å². The zero-order valence-electron chi connectivity index (χ0n) is 10.5. The predicted molar refractivity (Wildman–Crippen MR) is 72.6 cm³/mol. The van der Waals surface area contributed by atoms with Gasteiger partial charge in [0, 0.05) is 5.56 Å². The number of carbonyl (C=O) groups excluding carboxylic acids is 1. The maximum Gasteiger partial charge on any atom is 0.326 e. The van der Waals surface area contributed by atoms with Crippen LogP contribution in [-0.2, 0) is 4.79 Å². The summed E-state index contributed by atoms with van der Waals surface area (Å²) in [5, 5.41) is 11.7. The molecule has 0 aliphatic carbocycles. The first-order valence-corrected chi connectivity index (χ1v) is 6.47. The lowest BCUT2D eigenvalue weighted by Gasteiger charge is -2.20. The van der Waals surface area contributed by atoms with E-state index < -0.39 is 17.9 Å². The Morgan fingerprint density at radius 2 is 1.89 bits per heavy atom. The summed E-state index contributed by atoms with van der Waals surface area (Å²) in [6.07, 6.45) is 0.634. The van der Waals surface area contributed by atoms with Crippen LogP contribution in [-0.4, -0.2) is 28.0 Å². The van der Waals surface area contributed by atoms with Gasteiger partial charge >= 0.3 is 5.97 Å². The van der Waals surface area contributed by atoms with Crippen molar-refractivity contribution in [2.45, 2.75) is 26.3 Å². The minimum Gasteiger partial charge on any atom is -0.480 e. The Balaban J connectivity index is 2.90. The van der Waals surface area contributed by atoms with Crippen LogP contribution in [0.3, 0.4) is 0 Å². The molecule has 104 valence electrons. The van der Waals surface area contributed by atoms with E-state index in [1.54, 1.807) is 6.92 Å². The quantitative estimate of drug-likeness (QED) is 0.820. The van der Waals surface area contributed by atoms with Gasteiger partial charge in [0.2, 0.25) is 0 Å². The van der Waals surface area contributed by atoms with Crippen LogP contribution < -0.4 is 5.32 Å². The molecule has 1 aromatic heterocycles. The van der Waals surface area contributed by atoms with Gasteiger partial charge < -0.3 is 10.4 Å². The third-order valence-corrected chi connectivity index (χ3v) is 3.18. The smallest absolute Gasteiger partial charge is 0.326 e. The van der Waals surface area contributed by atoms with E-state index in [1.165, 1.54) is 12.1 Å². The summed E-state index contributed by atoms with van der Waals surface area (Å²) in [6, 6.07) is 1.71. The Hall–Kier alpha value is -1.33. The number of hydrogen-bond donors (Lipinski definition) is 2. The molecule has 2 atom stereocenters. The molecule has 1 rings (SSSR count). The van der Waals surface area contributed by atoms with E-state index in [0.717, 1.165) is 0 Å². The molecule has 0 saturated heterocycles. The normalized spacial score (nSPS) is 13.7. The number of carboxylic acid groups (broad SMARTS) is 1. The molecule has 0 spiro atoms. The molecule has 19 heavy (non-hydrogen) atoms. The van der Waals surface area contributed by atoms with E-state index in [1.807, 2.05) is 6.92 Å². The highest BCUT2D eigenvalue weighted by Crippen LogP contribution is 2.15. The van der Waals surface area contributed by atoms with Gasteiger partial charge in [0.05, 0.1) is 0 Å². The third kappa shape index (κ3) is 4.36. The maximum atomic E-state index is 12.0. The molecule has 5 nitrogen and oxygen atoms in total. The number of carboxylic acids is 1. The van der Waals surface area contributed by atoms with E-state index in [-0.39, 0.29) is 21.8 Å². The zero-order valence-corrected chi connectivity index (χ0v) is 12.0. The average molecular weight is 305 g/mol. The van der Waals surface area contributed by atoms with Gasteiger partial charge in [-0.15, -0.1) is 0 Å². The van der Waals surface area contributed by atoms with Gasteiger partial charge in [0.1, 0.15) is 16.3 Å². The lowest BCUT2D eigenvalue weighted by molar-refractivity contribution is -0.140. The fourth-order valence-electron chi connectivity index (χ4n) is 1.50. The fourth-order valence-corrected chi connectivity index (χ4v) is 1.96. The van der Waals surface area contributed by atoms with Crippen LogP contribution >= 0.6 is 23.2 Å². The molecule has 7 heteroatoms. The molecule has 0 aliphatic heterocycles. The second kappa shape index (κ2) is 6.73. The van der Waals surface area contributed by atoms with Gasteiger partial charge in [-0.05, 0) is 18.1 Å². The Morgan fingerprint density at radius 3 is 2.32 bits per heavy atom. The lowest BCUT2D eigenvalue weighted by atomic mass is 9.99. The number of aliphatic carboxylic acids is 1. The van der Waals surface area contributed by atoms with Crippen molar-refractivity contribution in [3.63, 3.8) is 0 Å². The van der Waals surface area contributed by atoms with E-state index >= 15 is 0 Å². The van der Waals surface area contributed by atoms with Gasteiger partial charge in [0.15, 0.2) is 0 Å². The number of nitrogens with zero attached hydrogens (tertiary/aromatic N) is 1. The molecule has 1 unspecified atom stereocenters. The van der Waals surface area contributed by atoms with E-state index in [9.17, 15) is 9.59 Å². The predicted octanol–water partition coefficient (Wildman–Crippen LogP) is 2.62. The molecule has 0 radical (unpaired) electrons. The Bertz CT molecular complexity index is 474. The minimum absolute atomic E-state index is 0.0769. The minimum atomic E-state index is -1.08. The summed E-state index contributed by atoms with van der Waals surface area (Å²) in [7, 11) is 0. The highest BCUT2D eigenvalue weighted by Gasteiger charge is 2.25. The van der Waals surface area contributed by atoms with Crippen molar-refractivity contribution in [2.24, 2.45) is 5.92 Å². The SMILES string of the molecule is CCC(C)[C@H](NC(=O)c1cc(Cl)nc(Cl)c1)C(=O)O. The molecule has 1 heterocycles. The van der Waals surface area contributed by atoms with E-state index in [2.05, 4.69) is 10.3 Å². The summed E-state index contributed by atoms with van der Waals surface area (Å²) in [5.41, 5.74) is 0.180. The number of rotatable bonds is 5. The number of nitrogens with one attached hydrogen (secondary N) is 1. The van der Waals surface area contributed by atoms with Crippen molar-refractivity contribution in [3.05, 3.63) is 28.0 Å². The second-order valence-corrected chi connectivity index (χ2v) is 4.95. The van der Waals surface area contributed by atoms with Crippen LogP contribution in [0.2, 0.25) is 10.3 Å². The number of halogens is 2. The molecular formula is C12H14Cl2N2O3. The number of amides is 1. The summed E-state index contributed by atoms with van der Waals surface area (Å²) < 4.78 is 0. The van der Waals surface area contributed by atoms with Crippen LogP contribution in [0.4, 0.5) is 0 Å². The summed E-state index contributed by atoms with van der Waals surface area (Å²) in [5.74, 6) is -1.80. The van der Waals surface area contributed by atoms with Crippen molar-refractivity contribution >= 4 is 35.1 Å². The molecule has 0 bridgehead atoms. The highest BCUT2D eigenvalue weighted by atomic mass is 35.5. The van der Waals surface area contributed by atoms with Crippen molar-refractivity contribution in [1.29, 1.82) is 0 Å². The number of aromatic nitrogens is 1. The molecular weight excluding hydrogens is 291 g/mol. The molecule has 1 amide bonds. The molecule has 0 aromatic carbocycles. The van der Waals surface area contributed by atoms with Gasteiger partial charge in [-0.3, -0.25) is 4.79 Å². The van der Waals surface area contributed by atoms with Crippen LogP contribution in [0.5, 0.6) is 0 Å². The summed E-state index contributed by atoms with van der Waals surface area (Å²) in [6.45, 7) is 3.61. The lowest BCUT2D eigenvalue weighted by Crippen LogP contribution is -2.45. The average Bonchev–Trinajstić information content (AvgIpc) is 2.33. The topological polar surface area (TPSA) is 79.3 Å². The number of hydrogen-bond acceptors (Lipinski definition) is 3. The van der Waals surface area contributed by atoms with Crippen molar-refractivity contribution in [2.75, 3.05) is 0 Å². The number of carbonyl (C=O) groups is 2. The van der Waals surface area contributed by atoms with Crippen LogP contribution in [0.15, 0.2) is 12.1 Å². The zero-order chi connectivity index (χ0) is 14.6. The maximum absolute atomic E-state index is 12.0. The van der Waals surface area contributed by atoms with E-state index in [0.29, 0.717) is 6.42 Å².